The Morgan fingerprint density at radius 2 is 1.97 bits per heavy atom. The topological polar surface area (TPSA) is 93.4 Å². The average Bonchev–Trinajstić information content (AvgIpc) is 3.15. The zero-order valence-electron chi connectivity index (χ0n) is 16.5. The van der Waals surface area contributed by atoms with Gasteiger partial charge in [0.1, 0.15) is 5.82 Å². The maximum Gasteiger partial charge on any atom is 0.416 e. The number of ether oxygens (including phenoxy) is 1. The molecule has 1 amide bonds. The Bertz CT molecular complexity index is 996. The van der Waals surface area contributed by atoms with Gasteiger partial charge in [0.25, 0.3) is 0 Å². The number of amides is 1. The van der Waals surface area contributed by atoms with E-state index < -0.39 is 11.7 Å². The lowest BCUT2D eigenvalue weighted by Crippen LogP contribution is -2.35. The van der Waals surface area contributed by atoms with E-state index in [1.165, 1.54) is 6.07 Å². The summed E-state index contributed by atoms with van der Waals surface area (Å²) < 4.78 is 44.5. The number of nitrogens with zero attached hydrogens (tertiary/aromatic N) is 3. The quantitative estimate of drug-likeness (QED) is 0.540. The Balaban J connectivity index is 1.51. The van der Waals surface area contributed by atoms with Crippen molar-refractivity contribution >= 4 is 29.0 Å². The third kappa shape index (κ3) is 4.85. The molecule has 1 aromatic heterocycles. The molecule has 0 aliphatic carbocycles. The van der Waals surface area contributed by atoms with Crippen molar-refractivity contribution in [2.75, 3.05) is 24.3 Å². The maximum atomic E-state index is 13.1. The fourth-order valence-electron chi connectivity index (χ4n) is 3.90. The molecule has 3 N–H and O–H groups in total. The van der Waals surface area contributed by atoms with E-state index in [1.807, 2.05) is 0 Å². The molecular formula is C20H21ClF3N5O2. The van der Waals surface area contributed by atoms with Gasteiger partial charge in [0.2, 0.25) is 11.2 Å². The first kappa shape index (κ1) is 21.6. The van der Waals surface area contributed by atoms with E-state index >= 15 is 0 Å². The summed E-state index contributed by atoms with van der Waals surface area (Å²) in [6, 6.07) is 3.39. The second-order valence-electron chi connectivity index (χ2n) is 7.66. The van der Waals surface area contributed by atoms with E-state index in [-0.39, 0.29) is 29.3 Å². The van der Waals surface area contributed by atoms with E-state index in [0.717, 1.165) is 12.1 Å². The lowest BCUT2D eigenvalue weighted by molar-refractivity contribution is -0.139. The van der Waals surface area contributed by atoms with Gasteiger partial charge in [-0.3, -0.25) is 4.79 Å². The molecule has 31 heavy (non-hydrogen) atoms. The molecule has 0 saturated carbocycles. The van der Waals surface area contributed by atoms with Gasteiger partial charge in [-0.15, -0.1) is 0 Å². The molecule has 1 fully saturated rings. The Morgan fingerprint density at radius 3 is 2.68 bits per heavy atom. The second-order valence-corrected chi connectivity index (χ2v) is 8.00. The number of benzene rings is 1. The summed E-state index contributed by atoms with van der Waals surface area (Å²) in [7, 11) is 0. The molecule has 2 aromatic rings. The number of anilines is 2. The lowest BCUT2D eigenvalue weighted by Gasteiger charge is -2.26. The van der Waals surface area contributed by atoms with Crippen molar-refractivity contribution in [3.05, 3.63) is 45.9 Å². The van der Waals surface area contributed by atoms with Gasteiger partial charge in [0.15, 0.2) is 0 Å². The highest BCUT2D eigenvalue weighted by molar-refractivity contribution is 6.28. The molecule has 0 unspecified atom stereocenters. The summed E-state index contributed by atoms with van der Waals surface area (Å²) in [5.41, 5.74) is 6.53. The van der Waals surface area contributed by atoms with E-state index in [9.17, 15) is 18.0 Å². The van der Waals surface area contributed by atoms with Gasteiger partial charge in [-0.25, -0.2) is 9.97 Å². The summed E-state index contributed by atoms with van der Waals surface area (Å²) in [5, 5.41) is 3.04. The molecule has 0 bridgehead atoms. The number of carbonyl (C=O) groups is 1. The largest absolute Gasteiger partial charge is 0.416 e. The summed E-state index contributed by atoms with van der Waals surface area (Å²) in [6.07, 6.45) is -3.13. The molecule has 3 heterocycles. The average molecular weight is 456 g/mol. The van der Waals surface area contributed by atoms with Crippen LogP contribution in [0.15, 0.2) is 18.2 Å². The fraction of sp³-hybridized carbons (Fsp3) is 0.450. The normalized spacial score (nSPS) is 17.0. The van der Waals surface area contributed by atoms with Crippen LogP contribution in [-0.4, -0.2) is 34.0 Å². The highest BCUT2D eigenvalue weighted by Crippen LogP contribution is 2.33. The van der Waals surface area contributed by atoms with Crippen LogP contribution in [0, 0.1) is 5.92 Å². The maximum absolute atomic E-state index is 13.1. The predicted molar refractivity (Wildman–Crippen MR) is 108 cm³/mol. The highest BCUT2D eigenvalue weighted by Gasteiger charge is 2.33. The molecule has 0 spiro atoms. The molecule has 1 aromatic carbocycles. The van der Waals surface area contributed by atoms with Crippen LogP contribution >= 0.6 is 11.6 Å². The van der Waals surface area contributed by atoms with Crippen LogP contribution in [0.3, 0.4) is 0 Å². The number of aromatic nitrogens is 2. The lowest BCUT2D eigenvalue weighted by atomic mass is 9.99. The van der Waals surface area contributed by atoms with Crippen LogP contribution in [0.5, 0.6) is 0 Å². The zero-order valence-corrected chi connectivity index (χ0v) is 17.3. The highest BCUT2D eigenvalue weighted by atomic mass is 35.5. The molecule has 11 heteroatoms. The molecule has 2 aliphatic heterocycles. The van der Waals surface area contributed by atoms with Gasteiger partial charge < -0.3 is 20.7 Å². The Morgan fingerprint density at radius 1 is 1.23 bits per heavy atom. The minimum Gasteiger partial charge on any atom is -0.399 e. The number of halogens is 4. The van der Waals surface area contributed by atoms with Gasteiger partial charge >= 0.3 is 6.18 Å². The van der Waals surface area contributed by atoms with Crippen molar-refractivity contribution in [2.45, 2.75) is 38.7 Å². The first-order chi connectivity index (χ1) is 14.7. The Hall–Kier alpha value is -2.59. The monoisotopic (exact) mass is 455 g/mol. The van der Waals surface area contributed by atoms with Crippen LogP contribution in [0.25, 0.3) is 0 Å². The molecule has 4 rings (SSSR count). The number of nitrogens with one attached hydrogen (secondary N) is 1. The molecule has 166 valence electrons. The number of hydrogen-bond donors (Lipinski definition) is 2. The van der Waals surface area contributed by atoms with Gasteiger partial charge in [-0.2, -0.15) is 13.2 Å². The van der Waals surface area contributed by atoms with Crippen molar-refractivity contribution in [3.63, 3.8) is 0 Å². The predicted octanol–water partition coefficient (Wildman–Crippen LogP) is 3.61. The van der Waals surface area contributed by atoms with Crippen LogP contribution in [0.2, 0.25) is 5.28 Å². The van der Waals surface area contributed by atoms with Crippen molar-refractivity contribution in [2.24, 2.45) is 5.92 Å². The van der Waals surface area contributed by atoms with Crippen molar-refractivity contribution in [1.82, 2.24) is 14.9 Å². The fourth-order valence-corrected chi connectivity index (χ4v) is 4.09. The van der Waals surface area contributed by atoms with Crippen LogP contribution < -0.4 is 11.1 Å². The SMILES string of the molecule is Nc1cc(CNc2nc(Cl)nc3c2CN(C(=O)C2CCOCC2)C3)cc(C(F)(F)F)c1. The smallest absolute Gasteiger partial charge is 0.399 e. The van der Waals surface area contributed by atoms with Crippen LogP contribution in [0.1, 0.15) is 35.2 Å². The minimum absolute atomic E-state index is 0.00479. The molecule has 0 radical (unpaired) electrons. The van der Waals surface area contributed by atoms with E-state index in [2.05, 4.69) is 15.3 Å². The van der Waals surface area contributed by atoms with E-state index in [0.29, 0.717) is 61.8 Å². The van der Waals surface area contributed by atoms with Crippen LogP contribution in [0.4, 0.5) is 24.7 Å². The second kappa shape index (κ2) is 8.51. The number of nitrogens with two attached hydrogens (primary N) is 1. The van der Waals surface area contributed by atoms with Gasteiger partial charge in [0, 0.05) is 36.9 Å². The van der Waals surface area contributed by atoms with E-state index in [1.54, 1.807) is 4.90 Å². The number of alkyl halides is 3. The molecule has 2 aliphatic rings. The molecular weight excluding hydrogens is 435 g/mol. The molecule has 0 atom stereocenters. The number of hydrogen-bond acceptors (Lipinski definition) is 6. The number of nitrogen functional groups attached to an aromatic ring is 1. The van der Waals surface area contributed by atoms with Crippen molar-refractivity contribution < 1.29 is 22.7 Å². The van der Waals surface area contributed by atoms with Gasteiger partial charge in [-0.1, -0.05) is 0 Å². The van der Waals surface area contributed by atoms with E-state index in [4.69, 9.17) is 22.1 Å². The standard InChI is InChI=1S/C20H21ClF3N5O2/c21-19-27-16-10-29(18(30)12-1-3-31-4-2-12)9-15(16)17(28-19)26-8-11-5-13(20(22,23)24)7-14(25)6-11/h5-7,12H,1-4,8-10,25H2,(H,26,27,28). The Kier molecular flexibility index (Phi) is 5.94. The van der Waals surface area contributed by atoms with Crippen LogP contribution in [-0.2, 0) is 35.3 Å². The third-order valence-corrected chi connectivity index (χ3v) is 5.61. The number of carbonyl (C=O) groups excluding carboxylic acids is 1. The van der Waals surface area contributed by atoms with Crippen molar-refractivity contribution in [3.8, 4) is 0 Å². The number of rotatable bonds is 4. The minimum atomic E-state index is -4.49. The molecule has 7 nitrogen and oxygen atoms in total. The first-order valence-corrected chi connectivity index (χ1v) is 10.2. The van der Waals surface area contributed by atoms with Gasteiger partial charge in [0.05, 0.1) is 24.3 Å². The Labute approximate surface area is 181 Å². The molecule has 1 saturated heterocycles. The summed E-state index contributed by atoms with van der Waals surface area (Å²) in [4.78, 5) is 23.0. The summed E-state index contributed by atoms with van der Waals surface area (Å²) >= 11 is 6.05. The first-order valence-electron chi connectivity index (χ1n) is 9.83. The summed E-state index contributed by atoms with van der Waals surface area (Å²) in [5.74, 6) is 0.346. The van der Waals surface area contributed by atoms with Crippen molar-refractivity contribution in [1.29, 1.82) is 0 Å². The number of fused-ring (bicyclic) bond motifs is 1. The van der Waals surface area contributed by atoms with Gasteiger partial charge in [-0.05, 0) is 48.2 Å². The summed E-state index contributed by atoms with van der Waals surface area (Å²) in [6.45, 7) is 1.82. The zero-order chi connectivity index (χ0) is 22.2. The third-order valence-electron chi connectivity index (χ3n) is 5.44.